The molecule has 0 fully saturated rings. The zero-order valence-electron chi connectivity index (χ0n) is 10.2. The maximum Gasteiger partial charge on any atom is 0.215 e. The molecule has 0 aliphatic rings. The SMILES string of the molecule is O=S(=O)(Cc1ccc(Cl)cc1)NCCc1ccsc1. The summed E-state index contributed by atoms with van der Waals surface area (Å²) < 4.78 is 26.3. The van der Waals surface area contributed by atoms with Crippen molar-refractivity contribution < 1.29 is 8.42 Å². The first-order valence-electron chi connectivity index (χ1n) is 5.78. The van der Waals surface area contributed by atoms with E-state index in [0.29, 0.717) is 18.0 Å². The molecule has 0 saturated heterocycles. The van der Waals surface area contributed by atoms with Gasteiger partial charge in [0.1, 0.15) is 0 Å². The molecule has 0 unspecified atom stereocenters. The van der Waals surface area contributed by atoms with Gasteiger partial charge in [-0.25, -0.2) is 13.1 Å². The van der Waals surface area contributed by atoms with Crippen LogP contribution in [0.4, 0.5) is 0 Å². The first kappa shape index (κ1) is 14.5. The first-order chi connectivity index (χ1) is 9.05. The van der Waals surface area contributed by atoms with E-state index in [9.17, 15) is 8.42 Å². The number of benzene rings is 1. The standard InChI is InChI=1S/C13H14ClNO2S2/c14-13-3-1-12(2-4-13)10-19(16,17)15-7-5-11-6-8-18-9-11/h1-4,6,8-9,15H,5,7,10H2. The fraction of sp³-hybridized carbons (Fsp3) is 0.231. The molecule has 0 atom stereocenters. The highest BCUT2D eigenvalue weighted by atomic mass is 35.5. The average molecular weight is 316 g/mol. The van der Waals surface area contributed by atoms with E-state index < -0.39 is 10.0 Å². The molecule has 0 amide bonds. The van der Waals surface area contributed by atoms with Gasteiger partial charge in [0, 0.05) is 11.6 Å². The van der Waals surface area contributed by atoms with Crippen molar-refractivity contribution in [3.8, 4) is 0 Å². The van der Waals surface area contributed by atoms with Gasteiger partial charge in [-0.3, -0.25) is 0 Å². The lowest BCUT2D eigenvalue weighted by Gasteiger charge is -2.06. The van der Waals surface area contributed by atoms with E-state index in [4.69, 9.17) is 11.6 Å². The smallest absolute Gasteiger partial charge is 0.215 e. The maximum atomic E-state index is 11.9. The van der Waals surface area contributed by atoms with Gasteiger partial charge in [0.15, 0.2) is 0 Å². The lowest BCUT2D eigenvalue weighted by atomic mass is 10.2. The lowest BCUT2D eigenvalue weighted by Crippen LogP contribution is -2.27. The Kier molecular flexibility index (Phi) is 4.99. The largest absolute Gasteiger partial charge is 0.215 e. The van der Waals surface area contributed by atoms with Crippen LogP contribution in [-0.2, 0) is 22.2 Å². The molecule has 0 radical (unpaired) electrons. The molecular weight excluding hydrogens is 302 g/mol. The molecule has 3 nitrogen and oxygen atoms in total. The van der Waals surface area contributed by atoms with Crippen LogP contribution in [0.1, 0.15) is 11.1 Å². The Morgan fingerprint density at radius 3 is 2.47 bits per heavy atom. The fourth-order valence-electron chi connectivity index (χ4n) is 1.64. The zero-order valence-corrected chi connectivity index (χ0v) is 12.6. The average Bonchev–Trinajstić information content (AvgIpc) is 2.85. The second kappa shape index (κ2) is 6.52. The molecular formula is C13H14ClNO2S2. The van der Waals surface area contributed by atoms with Crippen molar-refractivity contribution in [1.29, 1.82) is 0 Å². The zero-order chi connectivity index (χ0) is 13.7. The van der Waals surface area contributed by atoms with E-state index in [0.717, 1.165) is 11.1 Å². The quantitative estimate of drug-likeness (QED) is 0.890. The first-order valence-corrected chi connectivity index (χ1v) is 8.75. The van der Waals surface area contributed by atoms with E-state index in [1.807, 2.05) is 16.8 Å². The van der Waals surface area contributed by atoms with E-state index in [1.54, 1.807) is 35.6 Å². The Balaban J connectivity index is 1.86. The summed E-state index contributed by atoms with van der Waals surface area (Å²) in [4.78, 5) is 0. The normalized spacial score (nSPS) is 11.6. The van der Waals surface area contributed by atoms with Gasteiger partial charge in [0.2, 0.25) is 10.0 Å². The Hall–Kier alpha value is -0.880. The number of thiophene rings is 1. The molecule has 0 spiro atoms. The van der Waals surface area contributed by atoms with Gasteiger partial charge in [-0.05, 0) is 46.5 Å². The minimum atomic E-state index is -3.29. The van der Waals surface area contributed by atoms with Crippen LogP contribution in [0.2, 0.25) is 5.02 Å². The van der Waals surface area contributed by atoms with Crippen LogP contribution >= 0.6 is 22.9 Å². The summed E-state index contributed by atoms with van der Waals surface area (Å²) >= 11 is 7.37. The van der Waals surface area contributed by atoms with Crippen LogP contribution in [0.25, 0.3) is 0 Å². The van der Waals surface area contributed by atoms with Crippen LogP contribution < -0.4 is 4.72 Å². The highest BCUT2D eigenvalue weighted by Crippen LogP contribution is 2.12. The third-order valence-electron chi connectivity index (χ3n) is 2.59. The molecule has 1 heterocycles. The van der Waals surface area contributed by atoms with Crippen molar-refractivity contribution in [2.45, 2.75) is 12.2 Å². The number of halogens is 1. The summed E-state index contributed by atoms with van der Waals surface area (Å²) in [7, 11) is -3.29. The topological polar surface area (TPSA) is 46.2 Å². The highest BCUT2D eigenvalue weighted by Gasteiger charge is 2.10. The molecule has 1 aromatic heterocycles. The van der Waals surface area contributed by atoms with Crippen molar-refractivity contribution in [1.82, 2.24) is 4.72 Å². The van der Waals surface area contributed by atoms with E-state index in [2.05, 4.69) is 4.72 Å². The molecule has 2 aromatic rings. The van der Waals surface area contributed by atoms with Gasteiger partial charge in [0.25, 0.3) is 0 Å². The van der Waals surface area contributed by atoms with Gasteiger partial charge in [-0.2, -0.15) is 11.3 Å². The Labute approximate surface area is 122 Å². The molecule has 6 heteroatoms. The number of sulfonamides is 1. The van der Waals surface area contributed by atoms with Crippen molar-refractivity contribution in [2.24, 2.45) is 0 Å². The van der Waals surface area contributed by atoms with Crippen LogP contribution in [0.15, 0.2) is 41.1 Å². The van der Waals surface area contributed by atoms with Crippen molar-refractivity contribution in [3.05, 3.63) is 57.2 Å². The van der Waals surface area contributed by atoms with Gasteiger partial charge >= 0.3 is 0 Å². The summed E-state index contributed by atoms with van der Waals surface area (Å²) in [5.41, 5.74) is 1.88. The molecule has 19 heavy (non-hydrogen) atoms. The molecule has 1 N–H and O–H groups in total. The Morgan fingerprint density at radius 1 is 1.11 bits per heavy atom. The van der Waals surface area contributed by atoms with Crippen molar-refractivity contribution >= 4 is 33.0 Å². The summed E-state index contributed by atoms with van der Waals surface area (Å²) in [6, 6.07) is 8.83. The molecule has 0 saturated carbocycles. The number of hydrogen-bond acceptors (Lipinski definition) is 3. The van der Waals surface area contributed by atoms with Crippen LogP contribution in [0.3, 0.4) is 0 Å². The van der Waals surface area contributed by atoms with Crippen LogP contribution in [0.5, 0.6) is 0 Å². The van der Waals surface area contributed by atoms with Gasteiger partial charge in [-0.1, -0.05) is 23.7 Å². The van der Waals surface area contributed by atoms with E-state index in [-0.39, 0.29) is 5.75 Å². The van der Waals surface area contributed by atoms with Crippen molar-refractivity contribution in [2.75, 3.05) is 6.54 Å². The molecule has 102 valence electrons. The second-order valence-electron chi connectivity index (χ2n) is 4.16. The fourth-order valence-corrected chi connectivity index (χ4v) is 3.61. The van der Waals surface area contributed by atoms with Crippen LogP contribution in [0, 0.1) is 0 Å². The molecule has 2 rings (SSSR count). The second-order valence-corrected chi connectivity index (χ2v) is 7.18. The summed E-state index contributed by atoms with van der Waals surface area (Å²) in [6.07, 6.45) is 0.712. The Morgan fingerprint density at radius 2 is 1.84 bits per heavy atom. The monoisotopic (exact) mass is 315 g/mol. The summed E-state index contributed by atoms with van der Waals surface area (Å²) in [6.45, 7) is 0.423. The number of rotatable bonds is 6. The van der Waals surface area contributed by atoms with Gasteiger partial charge < -0.3 is 0 Å². The Bertz CT molecular complexity index is 607. The van der Waals surface area contributed by atoms with Crippen molar-refractivity contribution in [3.63, 3.8) is 0 Å². The maximum absolute atomic E-state index is 11.9. The number of nitrogens with one attached hydrogen (secondary N) is 1. The highest BCUT2D eigenvalue weighted by molar-refractivity contribution is 7.88. The third kappa shape index (κ3) is 4.95. The molecule has 0 aliphatic carbocycles. The predicted octanol–water partition coefficient (Wildman–Crippen LogP) is 3.06. The minimum absolute atomic E-state index is 0.0200. The van der Waals surface area contributed by atoms with Gasteiger partial charge in [-0.15, -0.1) is 0 Å². The number of hydrogen-bond donors (Lipinski definition) is 1. The van der Waals surface area contributed by atoms with E-state index >= 15 is 0 Å². The minimum Gasteiger partial charge on any atom is -0.215 e. The summed E-state index contributed by atoms with van der Waals surface area (Å²) in [5, 5.41) is 4.61. The van der Waals surface area contributed by atoms with Gasteiger partial charge in [0.05, 0.1) is 5.75 Å². The molecule has 0 aliphatic heterocycles. The third-order valence-corrected chi connectivity index (χ3v) is 4.93. The lowest BCUT2D eigenvalue weighted by molar-refractivity contribution is 0.581. The molecule has 0 bridgehead atoms. The van der Waals surface area contributed by atoms with E-state index in [1.165, 1.54) is 0 Å². The van der Waals surface area contributed by atoms with Crippen LogP contribution in [-0.4, -0.2) is 15.0 Å². The molecule has 1 aromatic carbocycles. The predicted molar refractivity (Wildman–Crippen MR) is 80.1 cm³/mol. The summed E-state index contributed by atoms with van der Waals surface area (Å²) in [5.74, 6) is -0.0200.